The van der Waals surface area contributed by atoms with Crippen molar-refractivity contribution in [1.82, 2.24) is 14.3 Å². The topological polar surface area (TPSA) is 69.6 Å². The summed E-state index contributed by atoms with van der Waals surface area (Å²) < 4.78 is 4.43. The van der Waals surface area contributed by atoms with Crippen LogP contribution >= 0.6 is 11.5 Å². The molecule has 0 bridgehead atoms. The largest absolute Gasteiger partial charge is 0.480 e. The van der Waals surface area contributed by atoms with Crippen LogP contribution < -0.4 is 4.90 Å². The first-order valence-corrected chi connectivity index (χ1v) is 7.52. The van der Waals surface area contributed by atoms with Gasteiger partial charge in [0.25, 0.3) is 0 Å². The molecule has 0 spiro atoms. The average Bonchev–Trinajstić information content (AvgIpc) is 3.14. The zero-order valence-electron chi connectivity index (χ0n) is 10.8. The minimum Gasteiger partial charge on any atom is -0.480 e. The number of aromatic nitrogens is 2. The summed E-state index contributed by atoms with van der Waals surface area (Å²) in [7, 11) is 0. The van der Waals surface area contributed by atoms with Gasteiger partial charge in [0, 0.05) is 43.6 Å². The molecule has 1 aliphatic heterocycles. The number of carboxylic acid groups (broad SMARTS) is 1. The molecule has 0 aromatic carbocycles. The van der Waals surface area contributed by atoms with Gasteiger partial charge in [-0.1, -0.05) is 0 Å². The lowest BCUT2D eigenvalue weighted by atomic mass is 10.4. The maximum atomic E-state index is 10.7. The molecule has 0 unspecified atom stereocenters. The van der Waals surface area contributed by atoms with Crippen molar-refractivity contribution in [2.24, 2.45) is 0 Å². The van der Waals surface area contributed by atoms with Gasteiger partial charge < -0.3 is 10.0 Å². The second kappa shape index (κ2) is 5.42. The molecule has 104 valence electrons. The van der Waals surface area contributed by atoms with Crippen LogP contribution in [0.1, 0.15) is 31.0 Å². The van der Waals surface area contributed by atoms with Gasteiger partial charge in [0.05, 0.1) is 6.54 Å². The maximum Gasteiger partial charge on any atom is 0.317 e. The SMILES string of the molecule is O=C(O)CN1CCCN(c2nc(C3CC3)ns2)CC1. The van der Waals surface area contributed by atoms with Gasteiger partial charge in [-0.2, -0.15) is 4.37 Å². The second-order valence-corrected chi connectivity index (χ2v) is 5.95. The van der Waals surface area contributed by atoms with E-state index in [0.717, 1.165) is 43.6 Å². The van der Waals surface area contributed by atoms with Crippen molar-refractivity contribution >= 4 is 22.6 Å². The van der Waals surface area contributed by atoms with E-state index < -0.39 is 5.97 Å². The van der Waals surface area contributed by atoms with Crippen molar-refractivity contribution in [3.8, 4) is 0 Å². The fourth-order valence-electron chi connectivity index (χ4n) is 2.37. The zero-order chi connectivity index (χ0) is 13.2. The van der Waals surface area contributed by atoms with Crippen LogP contribution in [0.5, 0.6) is 0 Å². The fourth-order valence-corrected chi connectivity index (χ4v) is 3.17. The maximum absolute atomic E-state index is 10.7. The first-order chi connectivity index (χ1) is 9.22. The molecule has 7 heteroatoms. The van der Waals surface area contributed by atoms with Crippen LogP contribution in [0.3, 0.4) is 0 Å². The van der Waals surface area contributed by atoms with Gasteiger partial charge in [0.2, 0.25) is 5.13 Å². The highest BCUT2D eigenvalue weighted by Gasteiger charge is 2.29. The van der Waals surface area contributed by atoms with E-state index in [1.807, 2.05) is 4.90 Å². The number of anilines is 1. The number of carboxylic acids is 1. The number of carbonyl (C=O) groups is 1. The molecule has 2 heterocycles. The average molecular weight is 282 g/mol. The Morgan fingerprint density at radius 1 is 1.32 bits per heavy atom. The summed E-state index contributed by atoms with van der Waals surface area (Å²) in [6, 6.07) is 0. The van der Waals surface area contributed by atoms with Gasteiger partial charge in [0.15, 0.2) is 0 Å². The summed E-state index contributed by atoms with van der Waals surface area (Å²) in [5.41, 5.74) is 0. The molecular formula is C12H18N4O2S. The highest BCUT2D eigenvalue weighted by molar-refractivity contribution is 7.09. The zero-order valence-corrected chi connectivity index (χ0v) is 11.6. The fraction of sp³-hybridized carbons (Fsp3) is 0.750. The summed E-state index contributed by atoms with van der Waals surface area (Å²) in [5, 5.41) is 9.84. The first-order valence-electron chi connectivity index (χ1n) is 6.75. The molecule has 0 atom stereocenters. The van der Waals surface area contributed by atoms with Crippen LogP contribution in [0.2, 0.25) is 0 Å². The van der Waals surface area contributed by atoms with Crippen molar-refractivity contribution in [2.75, 3.05) is 37.6 Å². The molecule has 2 fully saturated rings. The Labute approximate surface area is 116 Å². The van der Waals surface area contributed by atoms with Crippen molar-refractivity contribution in [1.29, 1.82) is 0 Å². The predicted molar refractivity (Wildman–Crippen MR) is 72.8 cm³/mol. The monoisotopic (exact) mass is 282 g/mol. The summed E-state index contributed by atoms with van der Waals surface area (Å²) in [6.07, 6.45) is 3.43. The van der Waals surface area contributed by atoms with Crippen molar-refractivity contribution in [3.05, 3.63) is 5.82 Å². The predicted octanol–water partition coefficient (Wildman–Crippen LogP) is 1.01. The molecule has 0 amide bonds. The van der Waals surface area contributed by atoms with E-state index in [0.29, 0.717) is 5.92 Å². The molecule has 1 N–H and O–H groups in total. The number of hydrogen-bond acceptors (Lipinski definition) is 6. The lowest BCUT2D eigenvalue weighted by molar-refractivity contribution is -0.138. The molecule has 1 saturated heterocycles. The Morgan fingerprint density at radius 2 is 2.16 bits per heavy atom. The van der Waals surface area contributed by atoms with E-state index in [4.69, 9.17) is 5.11 Å². The third-order valence-corrected chi connectivity index (χ3v) is 4.38. The molecule has 1 aromatic heterocycles. The number of aliphatic carboxylic acids is 1. The molecule has 1 saturated carbocycles. The Kier molecular flexibility index (Phi) is 3.65. The minimum absolute atomic E-state index is 0.136. The van der Waals surface area contributed by atoms with E-state index in [9.17, 15) is 4.79 Å². The molecule has 3 rings (SSSR count). The molecule has 1 aliphatic carbocycles. The molecule has 19 heavy (non-hydrogen) atoms. The van der Waals surface area contributed by atoms with Gasteiger partial charge in [0.1, 0.15) is 5.82 Å². The highest BCUT2D eigenvalue weighted by atomic mass is 32.1. The lowest BCUT2D eigenvalue weighted by Crippen LogP contribution is -2.34. The summed E-state index contributed by atoms with van der Waals surface area (Å²) in [6.45, 7) is 3.54. The molecule has 0 radical (unpaired) electrons. The summed E-state index contributed by atoms with van der Waals surface area (Å²) in [5.74, 6) is 0.854. The molecule has 1 aromatic rings. The second-order valence-electron chi connectivity index (χ2n) is 5.22. The highest BCUT2D eigenvalue weighted by Crippen LogP contribution is 2.39. The Morgan fingerprint density at radius 3 is 2.89 bits per heavy atom. The third kappa shape index (κ3) is 3.22. The van der Waals surface area contributed by atoms with Crippen LogP contribution in [0.15, 0.2) is 0 Å². The Balaban J connectivity index is 1.60. The van der Waals surface area contributed by atoms with Crippen LogP contribution in [-0.2, 0) is 4.79 Å². The molecule has 6 nitrogen and oxygen atoms in total. The number of rotatable bonds is 4. The van der Waals surface area contributed by atoms with Crippen LogP contribution in [0.4, 0.5) is 5.13 Å². The third-order valence-electron chi connectivity index (χ3n) is 3.59. The Hall–Kier alpha value is -1.21. The van der Waals surface area contributed by atoms with Crippen LogP contribution in [-0.4, -0.2) is 58.1 Å². The van der Waals surface area contributed by atoms with E-state index >= 15 is 0 Å². The van der Waals surface area contributed by atoms with Gasteiger partial charge >= 0.3 is 5.97 Å². The summed E-state index contributed by atoms with van der Waals surface area (Å²) in [4.78, 5) is 19.6. The van der Waals surface area contributed by atoms with Crippen LogP contribution in [0, 0.1) is 0 Å². The Bertz CT molecular complexity index is 460. The lowest BCUT2D eigenvalue weighted by Gasteiger charge is -2.19. The number of nitrogens with zero attached hydrogens (tertiary/aromatic N) is 4. The summed E-state index contributed by atoms with van der Waals surface area (Å²) >= 11 is 1.48. The standard InChI is InChI=1S/C12H18N4O2S/c17-10(18)8-15-4-1-5-16(7-6-15)12-13-11(14-19-12)9-2-3-9/h9H,1-8H2,(H,17,18). The van der Waals surface area contributed by atoms with Crippen LogP contribution in [0.25, 0.3) is 0 Å². The number of hydrogen-bond donors (Lipinski definition) is 1. The van der Waals surface area contributed by atoms with Gasteiger partial charge in [-0.05, 0) is 19.3 Å². The normalized spacial score (nSPS) is 21.4. The smallest absolute Gasteiger partial charge is 0.317 e. The van der Waals surface area contributed by atoms with Crippen molar-refractivity contribution in [3.63, 3.8) is 0 Å². The van der Waals surface area contributed by atoms with Crippen molar-refractivity contribution < 1.29 is 9.90 Å². The van der Waals surface area contributed by atoms with Crippen molar-refractivity contribution in [2.45, 2.75) is 25.2 Å². The van der Waals surface area contributed by atoms with E-state index in [1.54, 1.807) is 0 Å². The van der Waals surface area contributed by atoms with Gasteiger partial charge in [-0.15, -0.1) is 0 Å². The van der Waals surface area contributed by atoms with E-state index in [-0.39, 0.29) is 6.54 Å². The van der Waals surface area contributed by atoms with Gasteiger partial charge in [-0.25, -0.2) is 4.98 Å². The first kappa shape index (κ1) is 12.8. The van der Waals surface area contributed by atoms with E-state index in [2.05, 4.69) is 14.3 Å². The molecular weight excluding hydrogens is 264 g/mol. The minimum atomic E-state index is -0.750. The van der Waals surface area contributed by atoms with E-state index in [1.165, 1.54) is 24.4 Å². The van der Waals surface area contributed by atoms with Gasteiger partial charge in [-0.3, -0.25) is 9.69 Å². The molecule has 2 aliphatic rings. The quantitative estimate of drug-likeness (QED) is 0.889.